The van der Waals surface area contributed by atoms with Gasteiger partial charge < -0.3 is 5.73 Å². The molecule has 0 fully saturated rings. The summed E-state index contributed by atoms with van der Waals surface area (Å²) in [6.07, 6.45) is 0.827. The highest BCUT2D eigenvalue weighted by Gasteiger charge is 2.09. The lowest BCUT2D eigenvalue weighted by Crippen LogP contribution is -2.16. The molecule has 1 aromatic heterocycles. The van der Waals surface area contributed by atoms with Crippen LogP contribution in [0.15, 0.2) is 6.07 Å². The van der Waals surface area contributed by atoms with Crippen molar-refractivity contribution >= 4 is 5.91 Å². The van der Waals surface area contributed by atoms with Crippen LogP contribution >= 0.6 is 0 Å². The van der Waals surface area contributed by atoms with E-state index in [0.717, 1.165) is 12.1 Å². The highest BCUT2D eigenvalue weighted by atomic mass is 16.1. The van der Waals surface area contributed by atoms with Crippen molar-refractivity contribution in [3.8, 4) is 0 Å². The zero-order chi connectivity index (χ0) is 9.14. The van der Waals surface area contributed by atoms with Crippen LogP contribution < -0.4 is 5.73 Å². The molecule has 0 saturated carbocycles. The van der Waals surface area contributed by atoms with Gasteiger partial charge in [-0.2, -0.15) is 5.10 Å². The molecule has 1 amide bonds. The number of aryl methyl sites for hydroxylation is 2. The Morgan fingerprint density at radius 1 is 1.67 bits per heavy atom. The van der Waals surface area contributed by atoms with Crippen molar-refractivity contribution in [1.29, 1.82) is 0 Å². The third-order valence-corrected chi connectivity index (χ3v) is 1.74. The Labute approximate surface area is 71.4 Å². The van der Waals surface area contributed by atoms with Gasteiger partial charge in [0.05, 0.1) is 5.69 Å². The van der Waals surface area contributed by atoms with E-state index in [1.807, 2.05) is 13.8 Å². The summed E-state index contributed by atoms with van der Waals surface area (Å²) in [6, 6.07) is 1.74. The van der Waals surface area contributed by atoms with Gasteiger partial charge in [-0.25, -0.2) is 0 Å². The second kappa shape index (κ2) is 3.38. The highest BCUT2D eigenvalue weighted by molar-refractivity contribution is 5.91. The van der Waals surface area contributed by atoms with Gasteiger partial charge >= 0.3 is 0 Å². The molecule has 66 valence electrons. The third-order valence-electron chi connectivity index (χ3n) is 1.74. The van der Waals surface area contributed by atoms with E-state index in [9.17, 15) is 4.79 Å². The van der Waals surface area contributed by atoms with E-state index in [1.54, 1.807) is 10.7 Å². The number of aromatic nitrogens is 2. The second-order valence-corrected chi connectivity index (χ2v) is 2.55. The molecule has 1 rings (SSSR count). The van der Waals surface area contributed by atoms with Gasteiger partial charge in [-0.15, -0.1) is 0 Å². The van der Waals surface area contributed by atoms with Gasteiger partial charge in [0.15, 0.2) is 0 Å². The van der Waals surface area contributed by atoms with Crippen LogP contribution in [-0.2, 0) is 13.0 Å². The molecule has 1 aromatic rings. The zero-order valence-electron chi connectivity index (χ0n) is 7.37. The topological polar surface area (TPSA) is 60.9 Å². The predicted octanol–water partition coefficient (Wildman–Crippen LogP) is 0.564. The maximum atomic E-state index is 10.9. The standard InChI is InChI=1S/C8H13N3O/c1-3-6-5-7(8(9)12)11(4-2)10-6/h5H,3-4H2,1-2H3,(H2,9,12). The van der Waals surface area contributed by atoms with Crippen LogP contribution in [-0.4, -0.2) is 15.7 Å². The lowest BCUT2D eigenvalue weighted by Gasteiger charge is -1.97. The van der Waals surface area contributed by atoms with Crippen LogP contribution in [0, 0.1) is 0 Å². The Morgan fingerprint density at radius 2 is 2.33 bits per heavy atom. The second-order valence-electron chi connectivity index (χ2n) is 2.55. The van der Waals surface area contributed by atoms with E-state index in [-0.39, 0.29) is 0 Å². The van der Waals surface area contributed by atoms with Crippen molar-refractivity contribution in [2.45, 2.75) is 26.8 Å². The van der Waals surface area contributed by atoms with Crippen molar-refractivity contribution in [1.82, 2.24) is 9.78 Å². The van der Waals surface area contributed by atoms with Crippen molar-refractivity contribution in [3.63, 3.8) is 0 Å². The maximum Gasteiger partial charge on any atom is 0.266 e. The third kappa shape index (κ3) is 1.47. The van der Waals surface area contributed by atoms with Gasteiger partial charge in [-0.3, -0.25) is 9.48 Å². The lowest BCUT2D eigenvalue weighted by molar-refractivity contribution is 0.0990. The van der Waals surface area contributed by atoms with Gasteiger partial charge in [-0.05, 0) is 19.4 Å². The van der Waals surface area contributed by atoms with Gasteiger partial charge in [0, 0.05) is 6.54 Å². The van der Waals surface area contributed by atoms with Crippen LogP contribution in [0.2, 0.25) is 0 Å². The summed E-state index contributed by atoms with van der Waals surface area (Å²) in [7, 11) is 0. The summed E-state index contributed by atoms with van der Waals surface area (Å²) < 4.78 is 1.63. The molecule has 0 atom stereocenters. The van der Waals surface area contributed by atoms with Crippen molar-refractivity contribution in [2.24, 2.45) is 5.73 Å². The largest absolute Gasteiger partial charge is 0.364 e. The minimum atomic E-state index is -0.413. The Morgan fingerprint density at radius 3 is 2.67 bits per heavy atom. The highest BCUT2D eigenvalue weighted by Crippen LogP contribution is 2.04. The molecule has 0 radical (unpaired) electrons. The molecule has 0 unspecified atom stereocenters. The summed E-state index contributed by atoms with van der Waals surface area (Å²) in [4.78, 5) is 10.9. The minimum absolute atomic E-state index is 0.413. The molecule has 0 aliphatic rings. The number of primary amides is 1. The number of hydrogen-bond donors (Lipinski definition) is 1. The molecule has 2 N–H and O–H groups in total. The van der Waals surface area contributed by atoms with E-state index in [2.05, 4.69) is 5.10 Å². The molecule has 12 heavy (non-hydrogen) atoms. The number of carbonyl (C=O) groups excluding carboxylic acids is 1. The smallest absolute Gasteiger partial charge is 0.266 e. The first-order valence-electron chi connectivity index (χ1n) is 4.05. The fourth-order valence-corrected chi connectivity index (χ4v) is 1.08. The van der Waals surface area contributed by atoms with Crippen LogP contribution in [0.4, 0.5) is 0 Å². The molecule has 0 bridgehead atoms. The number of amides is 1. The average Bonchev–Trinajstić information content (AvgIpc) is 2.47. The summed E-state index contributed by atoms with van der Waals surface area (Å²) in [6.45, 7) is 4.60. The SMILES string of the molecule is CCc1cc(C(N)=O)n(CC)n1. The molecular weight excluding hydrogens is 154 g/mol. The summed E-state index contributed by atoms with van der Waals surface area (Å²) in [5, 5.41) is 4.18. The fraction of sp³-hybridized carbons (Fsp3) is 0.500. The Bertz CT molecular complexity index is 290. The number of carbonyl (C=O) groups is 1. The first-order chi connectivity index (χ1) is 5.69. The first kappa shape index (κ1) is 8.77. The maximum absolute atomic E-state index is 10.9. The van der Waals surface area contributed by atoms with E-state index < -0.39 is 5.91 Å². The van der Waals surface area contributed by atoms with Crippen molar-refractivity contribution in [3.05, 3.63) is 17.5 Å². The number of hydrogen-bond acceptors (Lipinski definition) is 2. The van der Waals surface area contributed by atoms with Crippen molar-refractivity contribution in [2.75, 3.05) is 0 Å². The van der Waals surface area contributed by atoms with E-state index >= 15 is 0 Å². The first-order valence-corrected chi connectivity index (χ1v) is 4.05. The summed E-state index contributed by atoms with van der Waals surface area (Å²) >= 11 is 0. The van der Waals surface area contributed by atoms with Crippen LogP contribution in [0.5, 0.6) is 0 Å². The number of rotatable bonds is 3. The van der Waals surface area contributed by atoms with Gasteiger partial charge in [0.25, 0.3) is 5.91 Å². The molecule has 1 heterocycles. The predicted molar refractivity (Wildman–Crippen MR) is 45.8 cm³/mol. The normalized spacial score (nSPS) is 10.2. The Kier molecular flexibility index (Phi) is 2.47. The number of nitrogens with two attached hydrogens (primary N) is 1. The Hall–Kier alpha value is -1.32. The fourth-order valence-electron chi connectivity index (χ4n) is 1.08. The minimum Gasteiger partial charge on any atom is -0.364 e. The molecule has 0 aliphatic carbocycles. The molecule has 0 aromatic carbocycles. The molecule has 4 heteroatoms. The van der Waals surface area contributed by atoms with Gasteiger partial charge in [0.2, 0.25) is 0 Å². The Balaban J connectivity index is 3.08. The van der Waals surface area contributed by atoms with E-state index in [4.69, 9.17) is 5.73 Å². The summed E-state index contributed by atoms with van der Waals surface area (Å²) in [5.74, 6) is -0.413. The molecular formula is C8H13N3O. The average molecular weight is 167 g/mol. The van der Waals surface area contributed by atoms with Gasteiger partial charge in [0.1, 0.15) is 5.69 Å². The monoisotopic (exact) mass is 167 g/mol. The molecule has 0 spiro atoms. The van der Waals surface area contributed by atoms with Gasteiger partial charge in [-0.1, -0.05) is 6.92 Å². The van der Waals surface area contributed by atoms with Crippen LogP contribution in [0.3, 0.4) is 0 Å². The quantitative estimate of drug-likeness (QED) is 0.715. The zero-order valence-corrected chi connectivity index (χ0v) is 7.37. The molecule has 4 nitrogen and oxygen atoms in total. The van der Waals surface area contributed by atoms with E-state index in [1.165, 1.54) is 0 Å². The van der Waals surface area contributed by atoms with Crippen LogP contribution in [0.25, 0.3) is 0 Å². The van der Waals surface area contributed by atoms with Crippen LogP contribution in [0.1, 0.15) is 30.0 Å². The summed E-state index contributed by atoms with van der Waals surface area (Å²) in [5.41, 5.74) is 6.56. The number of nitrogens with zero attached hydrogens (tertiary/aromatic N) is 2. The molecule has 0 aliphatic heterocycles. The van der Waals surface area contributed by atoms with Crippen molar-refractivity contribution < 1.29 is 4.79 Å². The molecule has 0 saturated heterocycles. The lowest BCUT2D eigenvalue weighted by atomic mass is 10.3. The van der Waals surface area contributed by atoms with E-state index in [0.29, 0.717) is 12.2 Å².